The third kappa shape index (κ3) is 3.49. The lowest BCUT2D eigenvalue weighted by Crippen LogP contribution is -2.15. The van der Waals surface area contributed by atoms with Gasteiger partial charge in [0.2, 0.25) is 0 Å². The standard InChI is InChI=1S/C11H18N2O2/c1-3-15-8-6-9(12)11-10(14-2)5-4-7-13-11/h4-5,7,9H,3,6,8,12H2,1-2H3. The summed E-state index contributed by atoms with van der Waals surface area (Å²) in [7, 11) is 1.62. The molecular formula is C11H18N2O2. The topological polar surface area (TPSA) is 57.4 Å². The van der Waals surface area contributed by atoms with Crippen LogP contribution in [0.15, 0.2) is 18.3 Å². The van der Waals surface area contributed by atoms with E-state index in [9.17, 15) is 0 Å². The molecule has 1 aromatic heterocycles. The number of hydrogen-bond donors (Lipinski definition) is 1. The van der Waals surface area contributed by atoms with Gasteiger partial charge in [-0.2, -0.15) is 0 Å². The summed E-state index contributed by atoms with van der Waals surface area (Å²) in [5, 5.41) is 0. The molecule has 1 unspecified atom stereocenters. The molecule has 0 aliphatic heterocycles. The minimum absolute atomic E-state index is 0.132. The molecule has 0 fully saturated rings. The number of methoxy groups -OCH3 is 1. The summed E-state index contributed by atoms with van der Waals surface area (Å²) in [6.45, 7) is 3.33. The number of rotatable bonds is 6. The van der Waals surface area contributed by atoms with Crippen LogP contribution in [0, 0.1) is 0 Å². The summed E-state index contributed by atoms with van der Waals surface area (Å²) in [5.74, 6) is 0.737. The van der Waals surface area contributed by atoms with Gasteiger partial charge in [-0.1, -0.05) is 0 Å². The molecule has 0 aliphatic rings. The van der Waals surface area contributed by atoms with Crippen LogP contribution in [0.5, 0.6) is 5.75 Å². The van der Waals surface area contributed by atoms with Crippen LogP contribution in [-0.2, 0) is 4.74 Å². The van der Waals surface area contributed by atoms with Gasteiger partial charge in [-0.3, -0.25) is 4.98 Å². The fourth-order valence-corrected chi connectivity index (χ4v) is 1.35. The van der Waals surface area contributed by atoms with E-state index in [4.69, 9.17) is 15.2 Å². The quantitative estimate of drug-likeness (QED) is 0.723. The second-order valence-corrected chi connectivity index (χ2v) is 3.18. The zero-order valence-corrected chi connectivity index (χ0v) is 9.27. The van der Waals surface area contributed by atoms with E-state index >= 15 is 0 Å². The van der Waals surface area contributed by atoms with Crippen molar-refractivity contribution in [3.63, 3.8) is 0 Å². The van der Waals surface area contributed by atoms with E-state index in [0.29, 0.717) is 13.2 Å². The van der Waals surface area contributed by atoms with Crippen LogP contribution in [0.1, 0.15) is 25.1 Å². The first-order valence-corrected chi connectivity index (χ1v) is 5.11. The molecule has 2 N–H and O–H groups in total. The minimum atomic E-state index is -0.132. The van der Waals surface area contributed by atoms with E-state index in [1.54, 1.807) is 13.3 Å². The summed E-state index contributed by atoms with van der Waals surface area (Å²) in [6.07, 6.45) is 2.47. The van der Waals surface area contributed by atoms with Gasteiger partial charge in [0.15, 0.2) is 0 Å². The summed E-state index contributed by atoms with van der Waals surface area (Å²) in [5.41, 5.74) is 6.78. The molecule has 0 radical (unpaired) electrons. The van der Waals surface area contributed by atoms with Crippen molar-refractivity contribution >= 4 is 0 Å². The minimum Gasteiger partial charge on any atom is -0.495 e. The highest BCUT2D eigenvalue weighted by molar-refractivity contribution is 5.29. The first kappa shape index (κ1) is 11.9. The Labute approximate surface area is 90.4 Å². The second kappa shape index (κ2) is 6.37. The van der Waals surface area contributed by atoms with E-state index in [1.165, 1.54) is 0 Å². The van der Waals surface area contributed by atoms with Gasteiger partial charge in [0.05, 0.1) is 18.8 Å². The van der Waals surface area contributed by atoms with Crippen LogP contribution in [0.25, 0.3) is 0 Å². The fraction of sp³-hybridized carbons (Fsp3) is 0.545. The molecule has 15 heavy (non-hydrogen) atoms. The summed E-state index contributed by atoms with van der Waals surface area (Å²) >= 11 is 0. The van der Waals surface area contributed by atoms with Crippen LogP contribution in [0.2, 0.25) is 0 Å². The van der Waals surface area contributed by atoms with E-state index in [1.807, 2.05) is 19.1 Å². The Bertz CT molecular complexity index is 292. The maximum absolute atomic E-state index is 5.99. The number of nitrogens with two attached hydrogens (primary N) is 1. The molecule has 0 aliphatic carbocycles. The Balaban J connectivity index is 2.59. The monoisotopic (exact) mass is 210 g/mol. The summed E-state index contributed by atoms with van der Waals surface area (Å²) in [4.78, 5) is 4.22. The second-order valence-electron chi connectivity index (χ2n) is 3.18. The number of nitrogens with zero attached hydrogens (tertiary/aromatic N) is 1. The maximum atomic E-state index is 5.99. The first-order chi connectivity index (χ1) is 7.29. The van der Waals surface area contributed by atoms with Crippen molar-refractivity contribution in [3.8, 4) is 5.75 Å². The van der Waals surface area contributed by atoms with Crippen LogP contribution in [0.3, 0.4) is 0 Å². The molecule has 1 heterocycles. The first-order valence-electron chi connectivity index (χ1n) is 5.11. The van der Waals surface area contributed by atoms with Gasteiger partial charge in [0.1, 0.15) is 5.75 Å². The van der Waals surface area contributed by atoms with Gasteiger partial charge in [-0.25, -0.2) is 0 Å². The summed E-state index contributed by atoms with van der Waals surface area (Å²) < 4.78 is 10.4. The highest BCUT2D eigenvalue weighted by atomic mass is 16.5. The highest BCUT2D eigenvalue weighted by Gasteiger charge is 2.12. The van der Waals surface area contributed by atoms with Crippen molar-refractivity contribution in [2.75, 3.05) is 20.3 Å². The van der Waals surface area contributed by atoms with Crippen LogP contribution >= 0.6 is 0 Å². The smallest absolute Gasteiger partial charge is 0.141 e. The predicted molar refractivity (Wildman–Crippen MR) is 58.8 cm³/mol. The molecule has 0 aromatic carbocycles. The van der Waals surface area contributed by atoms with Crippen LogP contribution < -0.4 is 10.5 Å². The molecule has 1 rings (SSSR count). The molecule has 0 spiro atoms. The fourth-order valence-electron chi connectivity index (χ4n) is 1.35. The zero-order valence-electron chi connectivity index (χ0n) is 9.27. The van der Waals surface area contributed by atoms with Gasteiger partial charge in [-0.05, 0) is 25.5 Å². The van der Waals surface area contributed by atoms with Gasteiger partial charge < -0.3 is 15.2 Å². The van der Waals surface area contributed by atoms with Gasteiger partial charge in [0, 0.05) is 19.4 Å². The van der Waals surface area contributed by atoms with Gasteiger partial charge in [-0.15, -0.1) is 0 Å². The average Bonchev–Trinajstić information content (AvgIpc) is 2.29. The van der Waals surface area contributed by atoms with E-state index in [2.05, 4.69) is 4.98 Å². The molecule has 4 heteroatoms. The Morgan fingerprint density at radius 2 is 2.33 bits per heavy atom. The SMILES string of the molecule is CCOCCC(N)c1ncccc1OC. The lowest BCUT2D eigenvalue weighted by atomic mass is 10.1. The van der Waals surface area contributed by atoms with Crippen molar-refractivity contribution in [2.45, 2.75) is 19.4 Å². The molecule has 1 aromatic rings. The van der Waals surface area contributed by atoms with Crippen LogP contribution in [0.4, 0.5) is 0 Å². The average molecular weight is 210 g/mol. The number of ether oxygens (including phenoxy) is 2. The van der Waals surface area contributed by atoms with Crippen molar-refractivity contribution < 1.29 is 9.47 Å². The normalized spacial score (nSPS) is 12.5. The molecule has 84 valence electrons. The largest absolute Gasteiger partial charge is 0.495 e. The Morgan fingerprint density at radius 3 is 3.00 bits per heavy atom. The van der Waals surface area contributed by atoms with Crippen molar-refractivity contribution in [3.05, 3.63) is 24.0 Å². The molecule has 0 amide bonds. The maximum Gasteiger partial charge on any atom is 0.141 e. The number of hydrogen-bond acceptors (Lipinski definition) is 4. The molecule has 0 saturated heterocycles. The van der Waals surface area contributed by atoms with Gasteiger partial charge in [0.25, 0.3) is 0 Å². The molecular weight excluding hydrogens is 192 g/mol. The van der Waals surface area contributed by atoms with E-state index in [0.717, 1.165) is 17.9 Å². The van der Waals surface area contributed by atoms with E-state index < -0.39 is 0 Å². The van der Waals surface area contributed by atoms with E-state index in [-0.39, 0.29) is 6.04 Å². The Kier molecular flexibility index (Phi) is 5.07. The Morgan fingerprint density at radius 1 is 1.53 bits per heavy atom. The highest BCUT2D eigenvalue weighted by Crippen LogP contribution is 2.22. The molecule has 0 bridgehead atoms. The lowest BCUT2D eigenvalue weighted by Gasteiger charge is -2.13. The molecule has 4 nitrogen and oxygen atoms in total. The van der Waals surface area contributed by atoms with Crippen molar-refractivity contribution in [1.29, 1.82) is 0 Å². The van der Waals surface area contributed by atoms with Gasteiger partial charge >= 0.3 is 0 Å². The zero-order chi connectivity index (χ0) is 11.1. The predicted octanol–water partition coefficient (Wildman–Crippen LogP) is 1.52. The number of aromatic nitrogens is 1. The molecule has 0 saturated carbocycles. The molecule has 1 atom stereocenters. The Hall–Kier alpha value is -1.13. The third-order valence-corrected chi connectivity index (χ3v) is 2.15. The number of pyridine rings is 1. The lowest BCUT2D eigenvalue weighted by molar-refractivity contribution is 0.139. The summed E-state index contributed by atoms with van der Waals surface area (Å²) in [6, 6.07) is 3.56. The van der Waals surface area contributed by atoms with Crippen LogP contribution in [-0.4, -0.2) is 25.3 Å². The third-order valence-electron chi connectivity index (χ3n) is 2.15. The van der Waals surface area contributed by atoms with Crippen molar-refractivity contribution in [2.24, 2.45) is 5.73 Å². The van der Waals surface area contributed by atoms with Crippen molar-refractivity contribution in [1.82, 2.24) is 4.98 Å².